The molecule has 0 bridgehead atoms. The van der Waals surface area contributed by atoms with Gasteiger partial charge in [0, 0.05) is 20.8 Å². The molecule has 1 saturated carbocycles. The lowest BCUT2D eigenvalue weighted by atomic mass is 9.78. The largest absolute Gasteiger partial charge is 0.380 e. The van der Waals surface area contributed by atoms with E-state index in [1.54, 1.807) is 14.2 Å². The predicted molar refractivity (Wildman–Crippen MR) is 76.8 cm³/mol. The van der Waals surface area contributed by atoms with Gasteiger partial charge in [0.1, 0.15) is 5.60 Å². The Morgan fingerprint density at radius 1 is 1.38 bits per heavy atom. The van der Waals surface area contributed by atoms with E-state index in [0.29, 0.717) is 17.6 Å². The number of hydrogen-bond acceptors (Lipinski definition) is 6. The lowest BCUT2D eigenvalue weighted by Crippen LogP contribution is -2.35. The predicted octanol–water partition coefficient (Wildman–Crippen LogP) is 2.17. The van der Waals surface area contributed by atoms with Gasteiger partial charge in [0.25, 0.3) is 0 Å². The highest BCUT2D eigenvalue weighted by Gasteiger charge is 2.41. The number of nitrogens with one attached hydrogen (secondary N) is 1. The molecule has 21 heavy (non-hydrogen) atoms. The number of ether oxygens (including phenoxy) is 2. The summed E-state index contributed by atoms with van der Waals surface area (Å²) in [6, 6.07) is 0.0890. The normalized spacial score (nSPS) is 37.0. The maximum atomic E-state index is 5.82. The lowest BCUT2D eigenvalue weighted by Gasteiger charge is -2.36. The molecule has 6 nitrogen and oxygen atoms in total. The topological polar surface area (TPSA) is 69.4 Å². The molecule has 118 valence electrons. The van der Waals surface area contributed by atoms with Crippen molar-refractivity contribution in [2.75, 3.05) is 20.8 Å². The van der Waals surface area contributed by atoms with Gasteiger partial charge in [0.05, 0.1) is 12.1 Å². The summed E-state index contributed by atoms with van der Waals surface area (Å²) in [5.41, 5.74) is -0.376. The van der Waals surface area contributed by atoms with Crippen LogP contribution in [-0.4, -0.2) is 37.0 Å². The fraction of sp³-hybridized carbons (Fsp3) is 0.867. The first-order valence-corrected chi connectivity index (χ1v) is 7.82. The number of nitrogens with zero attached hydrogens (tertiary/aromatic N) is 2. The minimum atomic E-state index is -0.376. The van der Waals surface area contributed by atoms with Gasteiger partial charge >= 0.3 is 0 Å². The van der Waals surface area contributed by atoms with Crippen molar-refractivity contribution in [2.45, 2.75) is 56.8 Å². The number of aromatic nitrogens is 2. The van der Waals surface area contributed by atoms with E-state index in [4.69, 9.17) is 14.0 Å². The van der Waals surface area contributed by atoms with Crippen LogP contribution in [0, 0.1) is 5.92 Å². The van der Waals surface area contributed by atoms with E-state index < -0.39 is 0 Å². The molecular weight excluding hydrogens is 270 g/mol. The third kappa shape index (κ3) is 2.84. The van der Waals surface area contributed by atoms with Crippen molar-refractivity contribution in [3.8, 4) is 0 Å². The van der Waals surface area contributed by atoms with Gasteiger partial charge in [-0.2, -0.15) is 4.98 Å². The van der Waals surface area contributed by atoms with Crippen molar-refractivity contribution < 1.29 is 14.0 Å². The SMILES string of the molecule is CO[C@@H]1CN[C@@H](c2nc(C3(OC)CCCC(C)C3)no2)C1. The summed E-state index contributed by atoms with van der Waals surface area (Å²) in [4.78, 5) is 4.64. The van der Waals surface area contributed by atoms with Crippen LogP contribution in [0.5, 0.6) is 0 Å². The molecule has 0 radical (unpaired) electrons. The average molecular weight is 295 g/mol. The number of hydrogen-bond donors (Lipinski definition) is 1. The van der Waals surface area contributed by atoms with Gasteiger partial charge in [-0.25, -0.2) is 0 Å². The minimum absolute atomic E-state index is 0.0890. The molecule has 0 aromatic carbocycles. The molecular formula is C15H25N3O3. The number of methoxy groups -OCH3 is 2. The van der Waals surface area contributed by atoms with Gasteiger partial charge in [0.2, 0.25) is 11.7 Å². The first-order valence-electron chi connectivity index (χ1n) is 7.82. The zero-order valence-corrected chi connectivity index (χ0v) is 13.1. The Hall–Kier alpha value is -0.980. The lowest BCUT2D eigenvalue weighted by molar-refractivity contribution is -0.0658. The fourth-order valence-corrected chi connectivity index (χ4v) is 3.62. The summed E-state index contributed by atoms with van der Waals surface area (Å²) in [5, 5.41) is 7.59. The van der Waals surface area contributed by atoms with Crippen molar-refractivity contribution in [3.05, 3.63) is 11.7 Å². The highest BCUT2D eigenvalue weighted by Crippen LogP contribution is 2.41. The molecule has 0 spiro atoms. The van der Waals surface area contributed by atoms with Crippen molar-refractivity contribution in [1.82, 2.24) is 15.5 Å². The van der Waals surface area contributed by atoms with E-state index in [-0.39, 0.29) is 17.7 Å². The Kier molecular flexibility index (Phi) is 4.28. The van der Waals surface area contributed by atoms with E-state index in [9.17, 15) is 0 Å². The summed E-state index contributed by atoms with van der Waals surface area (Å²) in [7, 11) is 3.49. The second-order valence-electron chi connectivity index (χ2n) is 6.41. The third-order valence-electron chi connectivity index (χ3n) is 4.92. The molecule has 4 atom stereocenters. The summed E-state index contributed by atoms with van der Waals surface area (Å²) in [6.45, 7) is 3.08. The maximum Gasteiger partial charge on any atom is 0.243 e. The van der Waals surface area contributed by atoms with Crippen LogP contribution < -0.4 is 5.32 Å². The van der Waals surface area contributed by atoms with Crippen molar-refractivity contribution in [2.24, 2.45) is 5.92 Å². The van der Waals surface area contributed by atoms with Gasteiger partial charge in [-0.1, -0.05) is 18.5 Å². The monoisotopic (exact) mass is 295 g/mol. The smallest absolute Gasteiger partial charge is 0.243 e. The zero-order valence-electron chi connectivity index (χ0n) is 13.1. The molecule has 1 saturated heterocycles. The van der Waals surface area contributed by atoms with Crippen molar-refractivity contribution in [3.63, 3.8) is 0 Å². The highest BCUT2D eigenvalue weighted by atomic mass is 16.5. The van der Waals surface area contributed by atoms with Crippen LogP contribution >= 0.6 is 0 Å². The van der Waals surface area contributed by atoms with Gasteiger partial charge < -0.3 is 19.3 Å². The van der Waals surface area contributed by atoms with E-state index in [0.717, 1.165) is 32.2 Å². The Labute approximate surface area is 125 Å². The quantitative estimate of drug-likeness (QED) is 0.918. The first kappa shape index (κ1) is 14.9. The van der Waals surface area contributed by atoms with Crippen LogP contribution in [0.25, 0.3) is 0 Å². The summed E-state index contributed by atoms with van der Waals surface area (Å²) >= 11 is 0. The Balaban J connectivity index is 1.77. The van der Waals surface area contributed by atoms with E-state index in [1.807, 2.05) is 0 Å². The fourth-order valence-electron chi connectivity index (χ4n) is 3.62. The van der Waals surface area contributed by atoms with Crippen molar-refractivity contribution in [1.29, 1.82) is 0 Å². The summed E-state index contributed by atoms with van der Waals surface area (Å²) < 4.78 is 16.7. The molecule has 2 aliphatic rings. The highest BCUT2D eigenvalue weighted by molar-refractivity contribution is 5.06. The summed E-state index contributed by atoms with van der Waals surface area (Å²) in [6.07, 6.45) is 5.40. The van der Waals surface area contributed by atoms with Crippen molar-refractivity contribution >= 4 is 0 Å². The van der Waals surface area contributed by atoms with Crippen LogP contribution in [0.2, 0.25) is 0 Å². The molecule has 1 N–H and O–H groups in total. The Morgan fingerprint density at radius 2 is 2.24 bits per heavy atom. The first-order chi connectivity index (χ1) is 10.2. The molecule has 2 unspecified atom stereocenters. The van der Waals surface area contributed by atoms with Gasteiger partial charge in [-0.05, 0) is 31.6 Å². The molecule has 2 heterocycles. The zero-order chi connectivity index (χ0) is 14.9. The Bertz CT molecular complexity index is 478. The molecule has 1 aromatic heterocycles. The molecule has 1 aliphatic carbocycles. The standard InChI is InChI=1S/C15H25N3O3/c1-10-5-4-6-15(8-10,20-3)14-17-13(21-18-14)12-7-11(19-2)9-16-12/h10-12,16H,4-9H2,1-3H3/t10?,11-,12+,15?/m0/s1. The minimum Gasteiger partial charge on any atom is -0.380 e. The van der Waals surface area contributed by atoms with E-state index in [2.05, 4.69) is 22.4 Å². The second-order valence-corrected chi connectivity index (χ2v) is 6.41. The number of rotatable bonds is 4. The summed E-state index contributed by atoms with van der Waals surface area (Å²) in [5.74, 6) is 1.98. The van der Waals surface area contributed by atoms with Crippen LogP contribution in [0.3, 0.4) is 0 Å². The van der Waals surface area contributed by atoms with Crippen LogP contribution in [-0.2, 0) is 15.1 Å². The third-order valence-corrected chi connectivity index (χ3v) is 4.92. The second kappa shape index (κ2) is 6.02. The molecule has 1 aromatic rings. The van der Waals surface area contributed by atoms with Gasteiger partial charge in [-0.15, -0.1) is 0 Å². The Morgan fingerprint density at radius 3 is 2.90 bits per heavy atom. The molecule has 2 fully saturated rings. The van der Waals surface area contributed by atoms with Gasteiger partial charge in [-0.3, -0.25) is 0 Å². The molecule has 1 aliphatic heterocycles. The maximum absolute atomic E-state index is 5.82. The van der Waals surface area contributed by atoms with Gasteiger partial charge in [0.15, 0.2) is 0 Å². The molecule has 6 heteroatoms. The van der Waals surface area contributed by atoms with Crippen LogP contribution in [0.4, 0.5) is 0 Å². The average Bonchev–Trinajstić information content (AvgIpc) is 3.16. The van der Waals surface area contributed by atoms with E-state index >= 15 is 0 Å². The van der Waals surface area contributed by atoms with Crippen LogP contribution in [0.15, 0.2) is 4.52 Å². The van der Waals surface area contributed by atoms with Crippen LogP contribution in [0.1, 0.15) is 56.8 Å². The van der Waals surface area contributed by atoms with E-state index in [1.165, 1.54) is 6.42 Å². The molecule has 0 amide bonds. The molecule has 3 rings (SSSR count).